The van der Waals surface area contributed by atoms with Crippen molar-refractivity contribution in [1.29, 1.82) is 0 Å². The van der Waals surface area contributed by atoms with Crippen molar-refractivity contribution in [3.8, 4) is 0 Å². The van der Waals surface area contributed by atoms with Crippen molar-refractivity contribution in [2.75, 3.05) is 0 Å². The molecule has 3 aromatic rings. The third-order valence-corrected chi connectivity index (χ3v) is 4.71. The molecule has 0 saturated heterocycles. The largest absolute Gasteiger partial charge is 0.358 e. The van der Waals surface area contributed by atoms with Crippen molar-refractivity contribution in [3.05, 3.63) is 50.9 Å². The van der Waals surface area contributed by atoms with Crippen LogP contribution in [-0.4, -0.2) is 19.7 Å². The van der Waals surface area contributed by atoms with Gasteiger partial charge in [0.05, 0.1) is 22.0 Å². The van der Waals surface area contributed by atoms with Crippen molar-refractivity contribution in [1.82, 2.24) is 19.7 Å². The van der Waals surface area contributed by atoms with Gasteiger partial charge in [0.2, 0.25) is 0 Å². The normalized spacial score (nSPS) is 11.4. The van der Waals surface area contributed by atoms with E-state index in [4.69, 9.17) is 4.52 Å². The van der Waals surface area contributed by atoms with E-state index in [0.29, 0.717) is 22.7 Å². The Morgan fingerprint density at radius 3 is 2.33 bits per heavy atom. The molecular formula is C15H15F3N4OS. The molecule has 0 aromatic carbocycles. The van der Waals surface area contributed by atoms with Crippen molar-refractivity contribution in [2.45, 2.75) is 39.5 Å². The lowest BCUT2D eigenvalue weighted by molar-refractivity contribution is 0.369. The minimum atomic E-state index is -0.565. The fraction of sp³-hybridized carbons (Fsp3) is 0.400. The number of hydrogen-bond acceptors (Lipinski definition) is 5. The molecule has 0 atom stereocenters. The van der Waals surface area contributed by atoms with Crippen LogP contribution in [0, 0.1) is 31.3 Å². The predicted molar refractivity (Wildman–Crippen MR) is 81.4 cm³/mol. The van der Waals surface area contributed by atoms with E-state index in [2.05, 4.69) is 19.7 Å². The zero-order valence-corrected chi connectivity index (χ0v) is 13.9. The summed E-state index contributed by atoms with van der Waals surface area (Å²) in [6.07, 6.45) is 0.857. The summed E-state index contributed by atoms with van der Waals surface area (Å²) >= 11 is 1.06. The number of halogens is 3. The molecule has 0 spiro atoms. The van der Waals surface area contributed by atoms with Gasteiger partial charge in [-0.15, -0.1) is 0 Å². The fourth-order valence-corrected chi connectivity index (χ4v) is 3.07. The second-order valence-electron chi connectivity index (χ2n) is 5.48. The first kappa shape index (κ1) is 16.7. The Balaban J connectivity index is 1.63. The summed E-state index contributed by atoms with van der Waals surface area (Å²) in [5.74, 6) is -1.30. The molecular weight excluding hydrogens is 341 g/mol. The maximum absolute atomic E-state index is 14.3. The van der Waals surface area contributed by atoms with E-state index >= 15 is 0 Å². The number of hydrogen-bond donors (Lipinski definition) is 1. The number of nitrogens with zero attached hydrogens (tertiary/aromatic N) is 3. The molecule has 0 aliphatic carbocycles. The van der Waals surface area contributed by atoms with Gasteiger partial charge in [-0.3, -0.25) is 5.10 Å². The van der Waals surface area contributed by atoms with Crippen LogP contribution in [-0.2, 0) is 25.7 Å². The third-order valence-electron chi connectivity index (χ3n) is 3.74. The number of nitrogens with one attached hydrogen (secondary N) is 1. The average molecular weight is 356 g/mol. The summed E-state index contributed by atoms with van der Waals surface area (Å²) in [5.41, 5.74) is 1.04. The van der Waals surface area contributed by atoms with Gasteiger partial charge < -0.3 is 4.52 Å². The zero-order chi connectivity index (χ0) is 17.3. The molecule has 0 bridgehead atoms. The molecule has 128 valence electrons. The van der Waals surface area contributed by atoms with Gasteiger partial charge in [-0.1, -0.05) is 5.16 Å². The summed E-state index contributed by atoms with van der Waals surface area (Å²) in [4.78, 5) is 0.463. The molecule has 0 unspecified atom stereocenters. The van der Waals surface area contributed by atoms with E-state index in [1.807, 2.05) is 0 Å². The molecule has 0 aliphatic heterocycles. The maximum Gasteiger partial charge on any atom is 0.188 e. The molecule has 3 heterocycles. The molecule has 9 heteroatoms. The quantitative estimate of drug-likeness (QED) is 0.734. The number of aromatic nitrogens is 4. The Hall–Kier alpha value is -2.16. The van der Waals surface area contributed by atoms with Crippen LogP contribution in [0.25, 0.3) is 0 Å². The van der Waals surface area contributed by atoms with Crippen LogP contribution in [0.2, 0.25) is 0 Å². The lowest BCUT2D eigenvalue weighted by Crippen LogP contribution is -1.97. The smallest absolute Gasteiger partial charge is 0.188 e. The Kier molecular flexibility index (Phi) is 4.70. The highest BCUT2D eigenvalue weighted by Crippen LogP contribution is 2.21. The van der Waals surface area contributed by atoms with E-state index in [9.17, 15) is 13.2 Å². The lowest BCUT2D eigenvalue weighted by Gasteiger charge is -1.96. The van der Waals surface area contributed by atoms with Gasteiger partial charge >= 0.3 is 0 Å². The molecule has 1 N–H and O–H groups in total. The Bertz CT molecular complexity index is 787. The van der Waals surface area contributed by atoms with Crippen LogP contribution >= 0.6 is 11.5 Å². The van der Waals surface area contributed by atoms with Gasteiger partial charge in [0, 0.05) is 19.3 Å². The van der Waals surface area contributed by atoms with Crippen LogP contribution in [0.1, 0.15) is 33.4 Å². The van der Waals surface area contributed by atoms with Crippen molar-refractivity contribution < 1.29 is 17.7 Å². The Morgan fingerprint density at radius 2 is 1.71 bits per heavy atom. The lowest BCUT2D eigenvalue weighted by atomic mass is 10.1. The third kappa shape index (κ3) is 3.21. The minimum Gasteiger partial charge on any atom is -0.358 e. The van der Waals surface area contributed by atoms with E-state index in [1.165, 1.54) is 0 Å². The summed E-state index contributed by atoms with van der Waals surface area (Å²) in [6, 6.07) is 0. The van der Waals surface area contributed by atoms with E-state index in [-0.39, 0.29) is 42.2 Å². The predicted octanol–water partition coefficient (Wildman–Crippen LogP) is 3.46. The standard InChI is InChI=1S/C15H15F3N4OS/c1-7-13(16)9(20-19-7)3-5-11-15(18)10(21-23-11)4-6-12-14(17)8(2)22-24-12/h3-6H2,1-2H3,(H,19,20). The number of aryl methyl sites for hydroxylation is 6. The van der Waals surface area contributed by atoms with Crippen LogP contribution < -0.4 is 0 Å². The van der Waals surface area contributed by atoms with Gasteiger partial charge in [-0.05, 0) is 31.8 Å². The number of aromatic amines is 1. The first-order chi connectivity index (χ1) is 11.5. The average Bonchev–Trinajstić information content (AvgIpc) is 3.19. The molecule has 0 amide bonds. The summed E-state index contributed by atoms with van der Waals surface area (Å²) in [6.45, 7) is 3.15. The Morgan fingerprint density at radius 1 is 0.958 bits per heavy atom. The van der Waals surface area contributed by atoms with Gasteiger partial charge in [-0.25, -0.2) is 13.2 Å². The molecule has 24 heavy (non-hydrogen) atoms. The molecule has 0 aliphatic rings. The van der Waals surface area contributed by atoms with Gasteiger partial charge in [0.25, 0.3) is 0 Å². The highest BCUT2D eigenvalue weighted by Gasteiger charge is 2.19. The number of H-pyrrole nitrogens is 1. The topological polar surface area (TPSA) is 67.6 Å². The highest BCUT2D eigenvalue weighted by atomic mass is 32.1. The SMILES string of the molecule is Cc1nsc(CCc2noc(CCc3n[nH]c(C)c3F)c2F)c1F. The molecule has 0 fully saturated rings. The molecule has 0 radical (unpaired) electrons. The van der Waals surface area contributed by atoms with E-state index in [1.54, 1.807) is 13.8 Å². The fourth-order valence-electron chi connectivity index (χ4n) is 2.32. The van der Waals surface area contributed by atoms with Crippen LogP contribution in [0.5, 0.6) is 0 Å². The first-order valence-electron chi connectivity index (χ1n) is 7.40. The van der Waals surface area contributed by atoms with Gasteiger partial charge in [-0.2, -0.15) is 9.47 Å². The summed E-state index contributed by atoms with van der Waals surface area (Å²) < 4.78 is 50.5. The maximum atomic E-state index is 14.3. The monoisotopic (exact) mass is 356 g/mol. The van der Waals surface area contributed by atoms with Gasteiger partial charge in [0.15, 0.2) is 23.2 Å². The molecule has 3 aromatic heterocycles. The van der Waals surface area contributed by atoms with Crippen molar-refractivity contribution in [2.24, 2.45) is 0 Å². The molecule has 0 saturated carbocycles. The summed E-state index contributed by atoms with van der Waals surface area (Å²) in [7, 11) is 0. The molecule has 3 rings (SSSR count). The van der Waals surface area contributed by atoms with Crippen molar-refractivity contribution in [3.63, 3.8) is 0 Å². The first-order valence-corrected chi connectivity index (χ1v) is 8.17. The number of rotatable bonds is 6. The zero-order valence-electron chi connectivity index (χ0n) is 13.1. The summed E-state index contributed by atoms with van der Waals surface area (Å²) in [5, 5.41) is 10.1. The van der Waals surface area contributed by atoms with Gasteiger partial charge in [0.1, 0.15) is 5.69 Å². The second-order valence-corrected chi connectivity index (χ2v) is 6.34. The van der Waals surface area contributed by atoms with E-state index < -0.39 is 11.6 Å². The highest BCUT2D eigenvalue weighted by molar-refractivity contribution is 7.05. The van der Waals surface area contributed by atoms with Crippen LogP contribution in [0.3, 0.4) is 0 Å². The molecule has 5 nitrogen and oxygen atoms in total. The minimum absolute atomic E-state index is 0.0472. The Labute approximate surface area is 140 Å². The van der Waals surface area contributed by atoms with Crippen LogP contribution in [0.4, 0.5) is 13.2 Å². The van der Waals surface area contributed by atoms with E-state index in [0.717, 1.165) is 11.5 Å². The second kappa shape index (κ2) is 6.76. The van der Waals surface area contributed by atoms with Crippen molar-refractivity contribution >= 4 is 11.5 Å². The van der Waals surface area contributed by atoms with Crippen LogP contribution in [0.15, 0.2) is 4.52 Å².